The van der Waals surface area contributed by atoms with E-state index >= 15 is 0 Å². The quantitative estimate of drug-likeness (QED) is 0.817. The number of para-hydroxylation sites is 1. The third-order valence-electron chi connectivity index (χ3n) is 4.55. The number of likely N-dealkylation sites (N-methyl/N-ethyl adjacent to an activating group) is 1. The van der Waals surface area contributed by atoms with Gasteiger partial charge in [-0.25, -0.2) is 13.2 Å². The predicted octanol–water partition coefficient (Wildman–Crippen LogP) is 2.45. The molecule has 0 heterocycles. The van der Waals surface area contributed by atoms with Gasteiger partial charge in [-0.2, -0.15) is 0 Å². The number of carbonyl (C=O) groups is 2. The van der Waals surface area contributed by atoms with Crippen LogP contribution in [0, 0.1) is 0 Å². The van der Waals surface area contributed by atoms with E-state index < -0.39 is 27.4 Å². The molecule has 0 fully saturated rings. The van der Waals surface area contributed by atoms with Crippen LogP contribution < -0.4 is 4.31 Å². The molecule has 7 nitrogen and oxygen atoms in total. The number of rotatable bonds is 6. The maximum absolute atomic E-state index is 12.7. The van der Waals surface area contributed by atoms with E-state index in [0.717, 1.165) is 9.21 Å². The molecule has 0 unspecified atom stereocenters. The average molecular weight is 390 g/mol. The van der Waals surface area contributed by atoms with Gasteiger partial charge in [0.1, 0.15) is 5.54 Å². The van der Waals surface area contributed by atoms with E-state index in [2.05, 4.69) is 0 Å². The summed E-state index contributed by atoms with van der Waals surface area (Å²) in [5.74, 6) is -1.65. The maximum atomic E-state index is 12.7. The summed E-state index contributed by atoms with van der Waals surface area (Å²) in [6, 6.07) is 14.1. The first-order valence-electron chi connectivity index (χ1n) is 8.15. The van der Waals surface area contributed by atoms with Gasteiger partial charge in [-0.05, 0) is 50.2 Å². The molecule has 27 heavy (non-hydrogen) atoms. The van der Waals surface area contributed by atoms with E-state index in [4.69, 9.17) is 0 Å². The number of hydrogen-bond donors (Lipinski definition) is 1. The van der Waals surface area contributed by atoms with Crippen molar-refractivity contribution in [1.82, 2.24) is 4.90 Å². The molecule has 1 N–H and O–H groups in total. The van der Waals surface area contributed by atoms with Gasteiger partial charge in [-0.1, -0.05) is 18.2 Å². The highest BCUT2D eigenvalue weighted by Crippen LogP contribution is 2.23. The number of sulfonamides is 1. The lowest BCUT2D eigenvalue weighted by atomic mass is 10.0. The van der Waals surface area contributed by atoms with Gasteiger partial charge < -0.3 is 10.0 Å². The number of anilines is 1. The van der Waals surface area contributed by atoms with E-state index in [1.54, 1.807) is 30.3 Å². The molecule has 2 aromatic carbocycles. The lowest BCUT2D eigenvalue weighted by Crippen LogP contribution is -2.50. The van der Waals surface area contributed by atoms with Gasteiger partial charge in [0.2, 0.25) is 0 Å². The van der Waals surface area contributed by atoms with Crippen molar-refractivity contribution >= 4 is 27.6 Å². The number of carbonyl (C=O) groups excluding carboxylic acids is 1. The number of amides is 1. The molecular formula is C19H22N2O5S. The molecule has 8 heteroatoms. The Morgan fingerprint density at radius 1 is 0.926 bits per heavy atom. The molecule has 2 aromatic rings. The summed E-state index contributed by atoms with van der Waals surface area (Å²) >= 11 is 0. The van der Waals surface area contributed by atoms with Crippen molar-refractivity contribution in [1.29, 1.82) is 0 Å². The third-order valence-corrected chi connectivity index (χ3v) is 6.35. The van der Waals surface area contributed by atoms with Gasteiger partial charge in [-0.15, -0.1) is 0 Å². The summed E-state index contributed by atoms with van der Waals surface area (Å²) in [7, 11) is -0.938. The van der Waals surface area contributed by atoms with Crippen LogP contribution in [0.5, 0.6) is 0 Å². The first kappa shape index (κ1) is 20.4. The summed E-state index contributed by atoms with van der Waals surface area (Å²) in [5.41, 5.74) is -0.677. The smallest absolute Gasteiger partial charge is 0.329 e. The van der Waals surface area contributed by atoms with Crippen LogP contribution in [0.4, 0.5) is 5.69 Å². The van der Waals surface area contributed by atoms with Crippen LogP contribution in [0.25, 0.3) is 0 Å². The fourth-order valence-corrected chi connectivity index (χ4v) is 3.49. The Morgan fingerprint density at radius 2 is 1.44 bits per heavy atom. The van der Waals surface area contributed by atoms with Gasteiger partial charge >= 0.3 is 5.97 Å². The fraction of sp³-hybridized carbons (Fsp3) is 0.263. The van der Waals surface area contributed by atoms with Crippen LogP contribution in [0.2, 0.25) is 0 Å². The Bertz CT molecular complexity index is 938. The Balaban J connectivity index is 2.29. The molecule has 144 valence electrons. The number of carboxylic acids is 1. The van der Waals surface area contributed by atoms with Crippen molar-refractivity contribution in [2.24, 2.45) is 0 Å². The summed E-state index contributed by atoms with van der Waals surface area (Å²) < 4.78 is 26.7. The highest BCUT2D eigenvalue weighted by atomic mass is 32.2. The molecule has 0 radical (unpaired) electrons. The fourth-order valence-electron chi connectivity index (χ4n) is 2.30. The molecule has 0 saturated heterocycles. The Labute approximate surface area is 158 Å². The molecule has 0 aromatic heterocycles. The SMILES string of the molecule is CN(C(=O)c1ccc(S(=O)(=O)N(C)c2ccccc2)cc1)C(C)(C)C(=O)O. The second-order valence-corrected chi connectivity index (χ2v) is 8.53. The van der Waals surface area contributed by atoms with Crippen molar-refractivity contribution in [2.45, 2.75) is 24.3 Å². The van der Waals surface area contributed by atoms with Crippen molar-refractivity contribution in [3.8, 4) is 0 Å². The lowest BCUT2D eigenvalue weighted by molar-refractivity contribution is -0.147. The lowest BCUT2D eigenvalue weighted by Gasteiger charge is -2.31. The minimum Gasteiger partial charge on any atom is -0.480 e. The zero-order valence-electron chi connectivity index (χ0n) is 15.6. The number of nitrogens with zero attached hydrogens (tertiary/aromatic N) is 2. The Hall–Kier alpha value is -2.87. The maximum Gasteiger partial charge on any atom is 0.329 e. The number of carboxylic acid groups (broad SMARTS) is 1. The molecule has 0 aliphatic carbocycles. The van der Waals surface area contributed by atoms with Crippen molar-refractivity contribution in [3.05, 3.63) is 60.2 Å². The zero-order chi connectivity index (χ0) is 20.4. The van der Waals surface area contributed by atoms with E-state index in [0.29, 0.717) is 5.69 Å². The van der Waals surface area contributed by atoms with Crippen molar-refractivity contribution in [3.63, 3.8) is 0 Å². The largest absolute Gasteiger partial charge is 0.480 e. The van der Waals surface area contributed by atoms with Crippen molar-refractivity contribution in [2.75, 3.05) is 18.4 Å². The second kappa shape index (κ2) is 7.40. The van der Waals surface area contributed by atoms with Crippen LogP contribution in [0.1, 0.15) is 24.2 Å². The standard InChI is InChI=1S/C19H22N2O5S/c1-19(2,18(23)24)20(3)17(22)14-10-12-16(13-11-14)27(25,26)21(4)15-8-6-5-7-9-15/h5-13H,1-4H3,(H,23,24). The van der Waals surface area contributed by atoms with Crippen LogP contribution in [0.15, 0.2) is 59.5 Å². The first-order chi connectivity index (χ1) is 12.5. The van der Waals surface area contributed by atoms with E-state index in [1.165, 1.54) is 52.2 Å². The van der Waals surface area contributed by atoms with Crippen LogP contribution in [-0.2, 0) is 14.8 Å². The molecular weight excluding hydrogens is 368 g/mol. The van der Waals surface area contributed by atoms with Gasteiger partial charge in [0, 0.05) is 19.7 Å². The number of aliphatic carboxylic acids is 1. The van der Waals surface area contributed by atoms with E-state index in [-0.39, 0.29) is 10.5 Å². The summed E-state index contributed by atoms with van der Waals surface area (Å²) in [6.07, 6.45) is 0. The minimum absolute atomic E-state index is 0.0329. The summed E-state index contributed by atoms with van der Waals surface area (Å²) in [5, 5.41) is 9.25. The van der Waals surface area contributed by atoms with Crippen LogP contribution >= 0.6 is 0 Å². The Morgan fingerprint density at radius 3 is 1.93 bits per heavy atom. The average Bonchev–Trinajstić information content (AvgIpc) is 2.66. The first-order valence-corrected chi connectivity index (χ1v) is 9.59. The molecule has 0 aliphatic rings. The molecule has 0 saturated carbocycles. The van der Waals surface area contributed by atoms with Crippen molar-refractivity contribution < 1.29 is 23.1 Å². The monoisotopic (exact) mass is 390 g/mol. The van der Waals surface area contributed by atoms with Gasteiger partial charge in [0.05, 0.1) is 10.6 Å². The summed E-state index contributed by atoms with van der Waals surface area (Å²) in [4.78, 5) is 25.0. The van der Waals surface area contributed by atoms with Gasteiger partial charge in [0.25, 0.3) is 15.9 Å². The summed E-state index contributed by atoms with van der Waals surface area (Å²) in [6.45, 7) is 2.84. The normalized spacial score (nSPS) is 11.7. The van der Waals surface area contributed by atoms with Gasteiger partial charge in [0.15, 0.2) is 0 Å². The minimum atomic E-state index is -3.78. The van der Waals surface area contributed by atoms with Gasteiger partial charge in [-0.3, -0.25) is 9.10 Å². The Kier molecular flexibility index (Phi) is 5.60. The second-order valence-electron chi connectivity index (χ2n) is 6.56. The predicted molar refractivity (Wildman–Crippen MR) is 102 cm³/mol. The molecule has 0 spiro atoms. The molecule has 0 aliphatic heterocycles. The van der Waals surface area contributed by atoms with E-state index in [1.807, 2.05) is 0 Å². The van der Waals surface area contributed by atoms with Crippen LogP contribution in [0.3, 0.4) is 0 Å². The number of hydrogen-bond acceptors (Lipinski definition) is 4. The van der Waals surface area contributed by atoms with E-state index in [9.17, 15) is 23.1 Å². The molecule has 1 amide bonds. The highest BCUT2D eigenvalue weighted by molar-refractivity contribution is 7.92. The third kappa shape index (κ3) is 3.95. The highest BCUT2D eigenvalue weighted by Gasteiger charge is 2.35. The molecule has 2 rings (SSSR count). The number of benzene rings is 2. The van der Waals surface area contributed by atoms with Crippen LogP contribution in [-0.4, -0.2) is 49.9 Å². The molecule has 0 atom stereocenters. The topological polar surface area (TPSA) is 95.0 Å². The molecule has 0 bridgehead atoms. The zero-order valence-corrected chi connectivity index (χ0v) is 16.4.